The topological polar surface area (TPSA) is 78.3 Å². The summed E-state index contributed by atoms with van der Waals surface area (Å²) in [7, 11) is 0. The Morgan fingerprint density at radius 2 is 2.00 bits per heavy atom. The minimum atomic E-state index is -0.501. The highest BCUT2D eigenvalue weighted by Gasteiger charge is 2.12. The molecule has 1 atom stereocenters. The molecule has 94 valence electrons. The van der Waals surface area contributed by atoms with Gasteiger partial charge in [0.25, 0.3) is 5.91 Å². The third-order valence-corrected chi connectivity index (χ3v) is 2.76. The number of benzene rings is 2. The van der Waals surface area contributed by atoms with Gasteiger partial charge < -0.3 is 16.2 Å². The molecule has 4 nitrogen and oxygen atoms in total. The van der Waals surface area contributed by atoms with Crippen LogP contribution in [0.15, 0.2) is 36.4 Å². The molecule has 0 saturated carbocycles. The monoisotopic (exact) mass is 244 g/mol. The Labute approximate surface area is 106 Å². The maximum atomic E-state index is 10.9. The van der Waals surface area contributed by atoms with Gasteiger partial charge in [-0.25, -0.2) is 0 Å². The minimum Gasteiger partial charge on any atom is -0.483 e. The van der Waals surface area contributed by atoms with Gasteiger partial charge in [-0.3, -0.25) is 4.79 Å². The second-order valence-corrected chi connectivity index (χ2v) is 4.25. The number of carbonyl (C=O) groups is 1. The second-order valence-electron chi connectivity index (χ2n) is 4.25. The van der Waals surface area contributed by atoms with E-state index >= 15 is 0 Å². The number of rotatable bonds is 4. The van der Waals surface area contributed by atoms with Crippen LogP contribution in [-0.2, 0) is 4.79 Å². The van der Waals surface area contributed by atoms with Crippen LogP contribution in [0.2, 0.25) is 0 Å². The van der Waals surface area contributed by atoms with Crippen molar-refractivity contribution >= 4 is 16.7 Å². The van der Waals surface area contributed by atoms with Gasteiger partial charge in [-0.05, 0) is 12.3 Å². The highest BCUT2D eigenvalue weighted by Crippen LogP contribution is 2.32. The van der Waals surface area contributed by atoms with E-state index in [2.05, 4.69) is 0 Å². The number of hydrogen-bond acceptors (Lipinski definition) is 3. The van der Waals surface area contributed by atoms with Crippen molar-refractivity contribution in [2.24, 2.45) is 11.5 Å². The van der Waals surface area contributed by atoms with Gasteiger partial charge in [-0.15, -0.1) is 0 Å². The summed E-state index contributed by atoms with van der Waals surface area (Å²) >= 11 is 0. The lowest BCUT2D eigenvalue weighted by molar-refractivity contribution is -0.119. The first-order chi connectivity index (χ1) is 8.59. The molecule has 2 rings (SSSR count). The first kappa shape index (κ1) is 12.4. The fourth-order valence-electron chi connectivity index (χ4n) is 1.92. The number of ether oxygens (including phenoxy) is 1. The highest BCUT2D eigenvalue weighted by molar-refractivity contribution is 5.90. The third kappa shape index (κ3) is 2.43. The maximum absolute atomic E-state index is 10.9. The SMILES string of the molecule is C[C@H](N)c1ccc2ccccc2c1OCC(N)=O. The number of fused-ring (bicyclic) bond motifs is 1. The number of carbonyl (C=O) groups excluding carboxylic acids is 1. The van der Waals surface area contributed by atoms with Gasteiger partial charge in [0, 0.05) is 17.0 Å². The second kappa shape index (κ2) is 5.06. The molecular formula is C14H16N2O2. The van der Waals surface area contributed by atoms with Crippen LogP contribution < -0.4 is 16.2 Å². The summed E-state index contributed by atoms with van der Waals surface area (Å²) in [5, 5.41) is 1.98. The van der Waals surface area contributed by atoms with Crippen molar-refractivity contribution in [2.75, 3.05) is 6.61 Å². The molecule has 2 aromatic rings. The van der Waals surface area contributed by atoms with Crippen LogP contribution in [0.3, 0.4) is 0 Å². The van der Waals surface area contributed by atoms with Crippen molar-refractivity contribution < 1.29 is 9.53 Å². The maximum Gasteiger partial charge on any atom is 0.255 e. The Hall–Kier alpha value is -2.07. The summed E-state index contributed by atoms with van der Waals surface area (Å²) in [6, 6.07) is 11.5. The van der Waals surface area contributed by atoms with Crippen LogP contribution in [0.1, 0.15) is 18.5 Å². The van der Waals surface area contributed by atoms with Gasteiger partial charge in [0.2, 0.25) is 0 Å². The number of amides is 1. The standard InChI is InChI=1S/C14H16N2O2/c1-9(15)11-7-6-10-4-2-3-5-12(10)14(11)18-8-13(16)17/h2-7,9H,8,15H2,1H3,(H2,16,17)/t9-/m0/s1. The average molecular weight is 244 g/mol. The van der Waals surface area contributed by atoms with E-state index in [1.165, 1.54) is 0 Å². The number of hydrogen-bond donors (Lipinski definition) is 2. The van der Waals surface area contributed by atoms with Crippen molar-refractivity contribution in [3.05, 3.63) is 42.0 Å². The Bertz CT molecular complexity index is 579. The molecule has 0 spiro atoms. The lowest BCUT2D eigenvalue weighted by Crippen LogP contribution is -2.21. The van der Waals surface area contributed by atoms with Gasteiger partial charge in [0.05, 0.1) is 0 Å². The van der Waals surface area contributed by atoms with Crippen molar-refractivity contribution in [3.63, 3.8) is 0 Å². The number of nitrogens with two attached hydrogens (primary N) is 2. The predicted octanol–water partition coefficient (Wildman–Crippen LogP) is 1.72. The Morgan fingerprint density at radius 1 is 1.28 bits per heavy atom. The fraction of sp³-hybridized carbons (Fsp3) is 0.214. The molecule has 0 aliphatic heterocycles. The first-order valence-corrected chi connectivity index (χ1v) is 5.78. The average Bonchev–Trinajstić information content (AvgIpc) is 2.35. The van der Waals surface area contributed by atoms with Crippen molar-refractivity contribution in [1.82, 2.24) is 0 Å². The van der Waals surface area contributed by atoms with E-state index in [-0.39, 0.29) is 12.6 Å². The summed E-state index contributed by atoms with van der Waals surface area (Å²) in [5.74, 6) is 0.139. The third-order valence-electron chi connectivity index (χ3n) is 2.76. The molecule has 4 heteroatoms. The summed E-state index contributed by atoms with van der Waals surface area (Å²) in [4.78, 5) is 10.9. The molecule has 18 heavy (non-hydrogen) atoms. The Balaban J connectivity index is 2.55. The summed E-state index contributed by atoms with van der Waals surface area (Å²) in [6.07, 6.45) is 0. The molecule has 2 aromatic carbocycles. The van der Waals surface area contributed by atoms with E-state index < -0.39 is 5.91 Å². The lowest BCUT2D eigenvalue weighted by atomic mass is 10.0. The molecule has 0 fully saturated rings. The zero-order valence-corrected chi connectivity index (χ0v) is 10.2. The molecular weight excluding hydrogens is 228 g/mol. The first-order valence-electron chi connectivity index (χ1n) is 5.78. The summed E-state index contributed by atoms with van der Waals surface area (Å²) < 4.78 is 5.52. The van der Waals surface area contributed by atoms with E-state index in [1.807, 2.05) is 43.3 Å². The largest absolute Gasteiger partial charge is 0.483 e. The van der Waals surface area contributed by atoms with Crippen LogP contribution in [0.4, 0.5) is 0 Å². The Morgan fingerprint density at radius 3 is 2.67 bits per heavy atom. The zero-order valence-electron chi connectivity index (χ0n) is 10.2. The molecule has 0 radical (unpaired) electrons. The van der Waals surface area contributed by atoms with Crippen LogP contribution in [0.25, 0.3) is 10.8 Å². The van der Waals surface area contributed by atoms with E-state index in [0.29, 0.717) is 5.75 Å². The molecule has 1 amide bonds. The normalized spacial score (nSPS) is 12.3. The van der Waals surface area contributed by atoms with E-state index in [9.17, 15) is 4.79 Å². The van der Waals surface area contributed by atoms with Crippen molar-refractivity contribution in [2.45, 2.75) is 13.0 Å². The molecule has 0 saturated heterocycles. The van der Waals surface area contributed by atoms with Crippen LogP contribution >= 0.6 is 0 Å². The van der Waals surface area contributed by atoms with Crippen LogP contribution in [0, 0.1) is 0 Å². The van der Waals surface area contributed by atoms with Crippen LogP contribution in [-0.4, -0.2) is 12.5 Å². The van der Waals surface area contributed by atoms with E-state index in [4.69, 9.17) is 16.2 Å². The van der Waals surface area contributed by atoms with Crippen molar-refractivity contribution in [1.29, 1.82) is 0 Å². The molecule has 0 aromatic heterocycles. The van der Waals surface area contributed by atoms with Crippen LogP contribution in [0.5, 0.6) is 5.75 Å². The van der Waals surface area contributed by atoms with Crippen molar-refractivity contribution in [3.8, 4) is 5.75 Å². The molecule has 0 unspecified atom stereocenters. The van der Waals surface area contributed by atoms with E-state index in [0.717, 1.165) is 16.3 Å². The van der Waals surface area contributed by atoms with Gasteiger partial charge in [0.1, 0.15) is 5.75 Å². The quantitative estimate of drug-likeness (QED) is 0.859. The van der Waals surface area contributed by atoms with Gasteiger partial charge >= 0.3 is 0 Å². The molecule has 0 heterocycles. The zero-order chi connectivity index (χ0) is 13.1. The van der Waals surface area contributed by atoms with E-state index in [1.54, 1.807) is 0 Å². The van der Waals surface area contributed by atoms with Gasteiger partial charge in [0.15, 0.2) is 6.61 Å². The summed E-state index contributed by atoms with van der Waals surface area (Å²) in [6.45, 7) is 1.73. The number of primary amides is 1. The lowest BCUT2D eigenvalue weighted by Gasteiger charge is -2.15. The van der Waals surface area contributed by atoms with Gasteiger partial charge in [-0.2, -0.15) is 0 Å². The Kier molecular flexibility index (Phi) is 3.48. The smallest absolute Gasteiger partial charge is 0.255 e. The van der Waals surface area contributed by atoms with Gasteiger partial charge in [-0.1, -0.05) is 36.4 Å². The molecule has 0 bridgehead atoms. The predicted molar refractivity (Wildman–Crippen MR) is 71.2 cm³/mol. The highest BCUT2D eigenvalue weighted by atomic mass is 16.5. The molecule has 4 N–H and O–H groups in total. The molecule has 0 aliphatic carbocycles. The molecule has 0 aliphatic rings. The minimum absolute atomic E-state index is 0.145. The summed E-state index contributed by atoms with van der Waals surface area (Å²) in [5.41, 5.74) is 11.9. The fourth-order valence-corrected chi connectivity index (χ4v) is 1.92.